The molecule has 0 aliphatic heterocycles. The molecule has 0 saturated carbocycles. The van der Waals surface area contributed by atoms with Gasteiger partial charge in [0, 0.05) is 18.7 Å². The molecule has 0 spiro atoms. The van der Waals surface area contributed by atoms with Crippen molar-refractivity contribution in [3.63, 3.8) is 0 Å². The van der Waals surface area contributed by atoms with E-state index in [9.17, 15) is 5.26 Å². The van der Waals surface area contributed by atoms with Gasteiger partial charge in [-0.05, 0) is 37.1 Å². The first-order valence-corrected chi connectivity index (χ1v) is 8.49. The van der Waals surface area contributed by atoms with Crippen LogP contribution in [0.1, 0.15) is 18.9 Å². The largest absolute Gasteiger partial charge is 0.336 e. The molecule has 0 fully saturated rings. The van der Waals surface area contributed by atoms with Crippen LogP contribution in [0.15, 0.2) is 90.7 Å². The number of rotatable bonds is 7. The smallest absolute Gasteiger partial charge is 0.117 e. The molecule has 1 atom stereocenters. The molecule has 2 rings (SSSR count). The van der Waals surface area contributed by atoms with Crippen LogP contribution in [-0.4, -0.2) is 7.05 Å². The fourth-order valence-corrected chi connectivity index (χ4v) is 2.59. The molecule has 0 radical (unpaired) electrons. The SMILES string of the molecule is C/C=C\C(/C=C(\C#N)N(C)c1ccccc1)C/C=C\c1ccccc1. The molecule has 0 N–H and O–H groups in total. The highest BCUT2D eigenvalue weighted by Gasteiger charge is 2.09. The summed E-state index contributed by atoms with van der Waals surface area (Å²) in [5, 5.41) is 9.58. The van der Waals surface area contributed by atoms with Crippen LogP contribution in [-0.2, 0) is 0 Å². The Labute approximate surface area is 151 Å². The van der Waals surface area contributed by atoms with Gasteiger partial charge in [0.15, 0.2) is 0 Å². The molecule has 0 aromatic heterocycles. The lowest BCUT2D eigenvalue weighted by Crippen LogP contribution is -2.16. The summed E-state index contributed by atoms with van der Waals surface area (Å²) in [4.78, 5) is 1.93. The average molecular weight is 328 g/mol. The summed E-state index contributed by atoms with van der Waals surface area (Å²) in [7, 11) is 1.93. The third kappa shape index (κ3) is 5.82. The van der Waals surface area contributed by atoms with E-state index in [1.165, 1.54) is 5.56 Å². The molecule has 2 nitrogen and oxygen atoms in total. The van der Waals surface area contributed by atoms with Gasteiger partial charge in [0.1, 0.15) is 11.8 Å². The first-order valence-electron chi connectivity index (χ1n) is 8.49. The molecule has 1 unspecified atom stereocenters. The fraction of sp³-hybridized carbons (Fsp3) is 0.174. The lowest BCUT2D eigenvalue weighted by Gasteiger charge is -2.19. The summed E-state index contributed by atoms with van der Waals surface area (Å²) < 4.78 is 0. The zero-order valence-corrected chi connectivity index (χ0v) is 14.8. The van der Waals surface area contributed by atoms with Gasteiger partial charge >= 0.3 is 0 Å². The Kier molecular flexibility index (Phi) is 7.28. The summed E-state index contributed by atoms with van der Waals surface area (Å²) in [6, 6.07) is 22.5. The molecular weight excluding hydrogens is 304 g/mol. The number of allylic oxidation sites excluding steroid dienone is 5. The van der Waals surface area contributed by atoms with Crippen molar-refractivity contribution in [1.82, 2.24) is 0 Å². The van der Waals surface area contributed by atoms with Crippen molar-refractivity contribution < 1.29 is 0 Å². The maximum absolute atomic E-state index is 9.58. The summed E-state index contributed by atoms with van der Waals surface area (Å²) in [6.07, 6.45) is 11.3. The van der Waals surface area contributed by atoms with Crippen LogP contribution in [0.3, 0.4) is 0 Å². The second kappa shape index (κ2) is 9.95. The molecule has 2 aromatic rings. The van der Waals surface area contributed by atoms with Gasteiger partial charge in [-0.2, -0.15) is 5.26 Å². The lowest BCUT2D eigenvalue weighted by molar-refractivity contribution is 0.822. The molecule has 126 valence electrons. The van der Waals surface area contributed by atoms with Crippen LogP contribution in [0.2, 0.25) is 0 Å². The topological polar surface area (TPSA) is 27.0 Å². The second-order valence-electron chi connectivity index (χ2n) is 5.80. The monoisotopic (exact) mass is 328 g/mol. The predicted molar refractivity (Wildman–Crippen MR) is 107 cm³/mol. The van der Waals surface area contributed by atoms with E-state index in [4.69, 9.17) is 0 Å². The van der Waals surface area contributed by atoms with Gasteiger partial charge in [-0.1, -0.05) is 72.8 Å². The van der Waals surface area contributed by atoms with Crippen LogP contribution >= 0.6 is 0 Å². The maximum Gasteiger partial charge on any atom is 0.117 e. The highest BCUT2D eigenvalue weighted by molar-refractivity contribution is 5.54. The Balaban J connectivity index is 2.13. The van der Waals surface area contributed by atoms with Crippen molar-refractivity contribution in [2.24, 2.45) is 5.92 Å². The first kappa shape index (κ1) is 18.3. The number of hydrogen-bond acceptors (Lipinski definition) is 2. The van der Waals surface area contributed by atoms with Crippen molar-refractivity contribution in [2.75, 3.05) is 11.9 Å². The van der Waals surface area contributed by atoms with Gasteiger partial charge in [-0.25, -0.2) is 0 Å². The minimum absolute atomic E-state index is 0.186. The van der Waals surface area contributed by atoms with Crippen molar-refractivity contribution >= 4 is 11.8 Å². The van der Waals surface area contributed by atoms with Crippen molar-refractivity contribution in [1.29, 1.82) is 5.26 Å². The van der Waals surface area contributed by atoms with Gasteiger partial charge in [-0.3, -0.25) is 0 Å². The highest BCUT2D eigenvalue weighted by Crippen LogP contribution is 2.20. The average Bonchev–Trinajstić information content (AvgIpc) is 2.67. The van der Waals surface area contributed by atoms with E-state index in [0.29, 0.717) is 5.70 Å². The van der Waals surface area contributed by atoms with Crippen LogP contribution in [0.25, 0.3) is 6.08 Å². The number of benzene rings is 2. The Morgan fingerprint density at radius 3 is 2.32 bits per heavy atom. The number of nitrogens with zero attached hydrogens (tertiary/aromatic N) is 2. The molecule has 0 heterocycles. The van der Waals surface area contributed by atoms with E-state index in [1.807, 2.05) is 79.6 Å². The quantitative estimate of drug-likeness (QED) is 0.472. The molecule has 0 saturated heterocycles. The predicted octanol–water partition coefficient (Wildman–Crippen LogP) is 5.83. The van der Waals surface area contributed by atoms with Crippen LogP contribution in [0, 0.1) is 17.2 Å². The molecular formula is C23H24N2. The van der Waals surface area contributed by atoms with E-state index in [-0.39, 0.29) is 5.92 Å². The van der Waals surface area contributed by atoms with Crippen molar-refractivity contribution in [2.45, 2.75) is 13.3 Å². The van der Waals surface area contributed by atoms with E-state index < -0.39 is 0 Å². The Morgan fingerprint density at radius 2 is 1.72 bits per heavy atom. The normalized spacial score (nSPS) is 13.1. The van der Waals surface area contributed by atoms with Crippen molar-refractivity contribution in [3.05, 3.63) is 96.2 Å². The maximum atomic E-state index is 9.58. The van der Waals surface area contributed by atoms with Crippen LogP contribution < -0.4 is 4.90 Å². The van der Waals surface area contributed by atoms with E-state index >= 15 is 0 Å². The van der Waals surface area contributed by atoms with Gasteiger partial charge in [-0.15, -0.1) is 0 Å². The van der Waals surface area contributed by atoms with Gasteiger partial charge in [0.2, 0.25) is 0 Å². The van der Waals surface area contributed by atoms with E-state index in [1.54, 1.807) is 0 Å². The number of para-hydroxylation sites is 1. The zero-order chi connectivity index (χ0) is 17.9. The van der Waals surface area contributed by atoms with Crippen LogP contribution in [0.4, 0.5) is 5.69 Å². The highest BCUT2D eigenvalue weighted by atomic mass is 15.1. The molecule has 2 aromatic carbocycles. The number of anilines is 1. The summed E-state index contributed by atoms with van der Waals surface area (Å²) in [6.45, 7) is 2.01. The molecule has 0 amide bonds. The fourth-order valence-electron chi connectivity index (χ4n) is 2.59. The standard InChI is InChI=1S/C23H24N2/c1-3-11-21(15-10-14-20-12-6-4-7-13-20)18-23(19-24)25(2)22-16-8-5-9-17-22/h3-14,16-18,21H,15H2,1-2H3/b11-3-,14-10-,23-18+. The molecule has 0 aliphatic rings. The summed E-state index contributed by atoms with van der Waals surface area (Å²) in [5.41, 5.74) is 2.85. The van der Waals surface area contributed by atoms with Gasteiger partial charge in [0.25, 0.3) is 0 Å². The lowest BCUT2D eigenvalue weighted by atomic mass is 10.0. The first-order chi connectivity index (χ1) is 12.2. The molecule has 0 aliphatic carbocycles. The third-order valence-corrected chi connectivity index (χ3v) is 3.95. The zero-order valence-electron chi connectivity index (χ0n) is 14.8. The second-order valence-corrected chi connectivity index (χ2v) is 5.80. The molecule has 25 heavy (non-hydrogen) atoms. The molecule has 2 heteroatoms. The minimum Gasteiger partial charge on any atom is -0.336 e. The van der Waals surface area contributed by atoms with Crippen LogP contribution in [0.5, 0.6) is 0 Å². The van der Waals surface area contributed by atoms with E-state index in [0.717, 1.165) is 12.1 Å². The summed E-state index contributed by atoms with van der Waals surface area (Å²) in [5.74, 6) is 0.186. The van der Waals surface area contributed by atoms with E-state index in [2.05, 4.69) is 36.4 Å². The Hall–Kier alpha value is -3.05. The summed E-state index contributed by atoms with van der Waals surface area (Å²) >= 11 is 0. The number of nitriles is 1. The minimum atomic E-state index is 0.186. The third-order valence-electron chi connectivity index (χ3n) is 3.95. The Morgan fingerprint density at radius 1 is 1.08 bits per heavy atom. The van der Waals surface area contributed by atoms with Gasteiger partial charge in [0.05, 0.1) is 0 Å². The Bertz CT molecular complexity index is 765. The van der Waals surface area contributed by atoms with Crippen molar-refractivity contribution in [3.8, 4) is 6.07 Å². The van der Waals surface area contributed by atoms with Gasteiger partial charge < -0.3 is 4.90 Å². The molecule has 0 bridgehead atoms. The number of hydrogen-bond donors (Lipinski definition) is 0.